The van der Waals surface area contributed by atoms with Crippen molar-refractivity contribution in [3.63, 3.8) is 0 Å². The number of hydrogen-bond acceptors (Lipinski definition) is 4. The van der Waals surface area contributed by atoms with Crippen LogP contribution in [0.3, 0.4) is 0 Å². The van der Waals surface area contributed by atoms with E-state index >= 15 is 0 Å². The zero-order valence-electron chi connectivity index (χ0n) is 17.0. The Morgan fingerprint density at radius 1 is 1.14 bits per heavy atom. The van der Waals surface area contributed by atoms with Crippen molar-refractivity contribution in [1.29, 1.82) is 0 Å². The van der Waals surface area contributed by atoms with Gasteiger partial charge in [-0.05, 0) is 35.6 Å². The van der Waals surface area contributed by atoms with E-state index < -0.39 is 23.5 Å². The predicted molar refractivity (Wildman–Crippen MR) is 114 cm³/mol. The molecule has 2 unspecified atom stereocenters. The molecule has 0 bridgehead atoms. The maximum Gasteiger partial charge on any atom is 0.320 e. The minimum atomic E-state index is -1.07. The van der Waals surface area contributed by atoms with Crippen molar-refractivity contribution in [2.45, 2.75) is 51.2 Å². The third kappa shape index (κ3) is 6.31. The largest absolute Gasteiger partial charge is 0.480 e. The summed E-state index contributed by atoms with van der Waals surface area (Å²) < 4.78 is 5.94. The molecule has 3 atom stereocenters. The number of carbonyl (C=O) groups is 2. The summed E-state index contributed by atoms with van der Waals surface area (Å²) in [5, 5.41) is 9.58. The van der Waals surface area contributed by atoms with Crippen molar-refractivity contribution in [3.05, 3.63) is 70.7 Å². The van der Waals surface area contributed by atoms with Gasteiger partial charge in [-0.25, -0.2) is 0 Å². The molecule has 2 rings (SSSR count). The van der Waals surface area contributed by atoms with Gasteiger partial charge in [0, 0.05) is 16.9 Å². The highest BCUT2D eigenvalue weighted by Crippen LogP contribution is 2.40. The Morgan fingerprint density at radius 3 is 2.38 bits per heavy atom. The van der Waals surface area contributed by atoms with E-state index in [2.05, 4.69) is 0 Å². The molecule has 5 nitrogen and oxygen atoms in total. The van der Waals surface area contributed by atoms with Crippen LogP contribution in [-0.4, -0.2) is 23.1 Å². The smallest absolute Gasteiger partial charge is 0.320 e. The van der Waals surface area contributed by atoms with Crippen molar-refractivity contribution in [2.75, 3.05) is 0 Å². The summed E-state index contributed by atoms with van der Waals surface area (Å²) in [7, 11) is 0. The third-order valence-corrected chi connectivity index (χ3v) is 5.30. The highest BCUT2D eigenvalue weighted by molar-refractivity contribution is 6.30. The number of carboxylic acids is 1. The molecule has 0 spiro atoms. The second-order valence-corrected chi connectivity index (χ2v) is 8.44. The van der Waals surface area contributed by atoms with Crippen molar-refractivity contribution < 1.29 is 19.4 Å². The summed E-state index contributed by atoms with van der Waals surface area (Å²) in [5.41, 5.74) is 6.87. The first kappa shape index (κ1) is 22.9. The van der Waals surface area contributed by atoms with E-state index in [0.29, 0.717) is 5.02 Å². The van der Waals surface area contributed by atoms with E-state index in [9.17, 15) is 9.59 Å². The molecule has 29 heavy (non-hydrogen) atoms. The number of rotatable bonds is 9. The topological polar surface area (TPSA) is 89.6 Å². The molecule has 0 heterocycles. The number of aliphatic carboxylic acids is 1. The number of carbonyl (C=O) groups excluding carboxylic acids is 1. The Hall–Kier alpha value is -2.37. The third-order valence-electron chi connectivity index (χ3n) is 5.06. The highest BCUT2D eigenvalue weighted by Gasteiger charge is 2.36. The van der Waals surface area contributed by atoms with Gasteiger partial charge in [-0.1, -0.05) is 74.8 Å². The highest BCUT2D eigenvalue weighted by atomic mass is 35.5. The minimum Gasteiger partial charge on any atom is -0.480 e. The first-order valence-corrected chi connectivity index (χ1v) is 9.98. The maximum atomic E-state index is 12.7. The van der Waals surface area contributed by atoms with Gasteiger partial charge in [0.2, 0.25) is 0 Å². The molecule has 2 aromatic carbocycles. The molecule has 0 radical (unpaired) electrons. The summed E-state index contributed by atoms with van der Waals surface area (Å²) in [4.78, 5) is 23.6. The van der Waals surface area contributed by atoms with Crippen LogP contribution in [0.15, 0.2) is 54.6 Å². The number of hydrogen-bond donors (Lipinski definition) is 2. The molecule has 0 saturated heterocycles. The lowest BCUT2D eigenvalue weighted by atomic mass is 9.76. The van der Waals surface area contributed by atoms with Gasteiger partial charge < -0.3 is 15.6 Å². The van der Waals surface area contributed by atoms with Gasteiger partial charge >= 0.3 is 11.9 Å². The maximum absolute atomic E-state index is 12.7. The van der Waals surface area contributed by atoms with Crippen LogP contribution in [0.1, 0.15) is 50.8 Å². The van der Waals surface area contributed by atoms with Crippen molar-refractivity contribution in [1.82, 2.24) is 0 Å². The van der Waals surface area contributed by atoms with Crippen LogP contribution in [-0.2, 0) is 19.7 Å². The molecular formula is C23H28ClNO4. The summed E-state index contributed by atoms with van der Waals surface area (Å²) in [6, 6.07) is 16.1. The molecule has 0 amide bonds. The summed E-state index contributed by atoms with van der Waals surface area (Å²) >= 11 is 6.18. The Kier molecular flexibility index (Phi) is 7.82. The number of nitrogens with two attached hydrogens (primary N) is 1. The Balaban J connectivity index is 2.23. The second kappa shape index (κ2) is 9.90. The van der Waals surface area contributed by atoms with Crippen LogP contribution in [0.2, 0.25) is 5.02 Å². The van der Waals surface area contributed by atoms with Gasteiger partial charge in [-0.2, -0.15) is 0 Å². The zero-order valence-corrected chi connectivity index (χ0v) is 17.7. The first-order valence-electron chi connectivity index (χ1n) is 9.60. The number of carboxylic acid groups (broad SMARTS) is 1. The van der Waals surface area contributed by atoms with E-state index in [0.717, 1.165) is 11.1 Å². The number of ether oxygens (including phenoxy) is 1. The van der Waals surface area contributed by atoms with Gasteiger partial charge in [-0.3, -0.25) is 9.59 Å². The normalized spacial score (nSPS) is 14.7. The van der Waals surface area contributed by atoms with E-state index in [1.807, 2.05) is 62.4 Å². The monoisotopic (exact) mass is 417 g/mol. The zero-order chi connectivity index (χ0) is 21.6. The number of esters is 1. The Morgan fingerprint density at radius 2 is 1.79 bits per heavy atom. The lowest BCUT2D eigenvalue weighted by Gasteiger charge is -2.35. The van der Waals surface area contributed by atoms with Crippen molar-refractivity contribution in [3.8, 4) is 0 Å². The first-order chi connectivity index (χ1) is 13.6. The van der Waals surface area contributed by atoms with E-state index in [-0.39, 0.29) is 24.7 Å². The number of halogens is 1. The molecule has 2 aromatic rings. The molecule has 0 aliphatic heterocycles. The summed E-state index contributed by atoms with van der Waals surface area (Å²) in [6.07, 6.45) is -0.233. The quantitative estimate of drug-likeness (QED) is 0.575. The molecule has 3 N–H and O–H groups in total. The van der Waals surface area contributed by atoms with Gasteiger partial charge in [0.15, 0.2) is 0 Å². The average molecular weight is 418 g/mol. The van der Waals surface area contributed by atoms with Gasteiger partial charge in [0.05, 0.1) is 0 Å². The van der Waals surface area contributed by atoms with E-state index in [1.54, 1.807) is 13.0 Å². The molecule has 0 saturated carbocycles. The number of benzene rings is 2. The van der Waals surface area contributed by atoms with Crippen molar-refractivity contribution >= 4 is 23.5 Å². The fourth-order valence-electron chi connectivity index (χ4n) is 3.38. The van der Waals surface area contributed by atoms with Crippen LogP contribution < -0.4 is 5.73 Å². The van der Waals surface area contributed by atoms with Crippen LogP contribution in [0.4, 0.5) is 0 Å². The van der Waals surface area contributed by atoms with E-state index in [4.69, 9.17) is 27.2 Å². The fourth-order valence-corrected chi connectivity index (χ4v) is 3.57. The molecule has 6 heteroatoms. The van der Waals surface area contributed by atoms with Crippen LogP contribution in [0.5, 0.6) is 0 Å². The lowest BCUT2D eigenvalue weighted by Crippen LogP contribution is -2.33. The van der Waals surface area contributed by atoms with Gasteiger partial charge in [0.1, 0.15) is 12.1 Å². The Labute approximate surface area is 176 Å². The average Bonchev–Trinajstić information content (AvgIpc) is 2.66. The van der Waals surface area contributed by atoms with E-state index in [1.165, 1.54) is 0 Å². The molecule has 0 fully saturated rings. The molecule has 0 aliphatic rings. The predicted octanol–water partition coefficient (Wildman–Crippen LogP) is 4.73. The SMILES string of the molecule is CC(CC(=O)OC(c1ccccc1)C(C)(C)c1cccc(Cl)c1)C[C@H](N)C(=O)O. The molecule has 156 valence electrons. The van der Waals surface area contributed by atoms with Crippen molar-refractivity contribution in [2.24, 2.45) is 11.7 Å². The summed E-state index contributed by atoms with van der Waals surface area (Å²) in [5.74, 6) is -1.67. The van der Waals surface area contributed by atoms with Crippen LogP contribution in [0.25, 0.3) is 0 Å². The van der Waals surface area contributed by atoms with Gasteiger partial charge in [-0.15, -0.1) is 0 Å². The summed E-state index contributed by atoms with van der Waals surface area (Å²) in [6.45, 7) is 5.81. The van der Waals surface area contributed by atoms with Gasteiger partial charge in [0.25, 0.3) is 0 Å². The standard InChI is InChI=1S/C23H28ClNO4/c1-15(12-19(25)22(27)28)13-20(26)29-21(16-8-5-4-6-9-16)23(2,3)17-10-7-11-18(24)14-17/h4-11,14-15,19,21H,12-13,25H2,1-3H3,(H,27,28)/t15?,19-,21?/m0/s1. The van der Waals surface area contributed by atoms with Crippen LogP contribution >= 0.6 is 11.6 Å². The molecule has 0 aliphatic carbocycles. The molecular weight excluding hydrogens is 390 g/mol. The van der Waals surface area contributed by atoms with Crippen LogP contribution in [0, 0.1) is 5.92 Å². The lowest BCUT2D eigenvalue weighted by molar-refractivity contribution is -0.154. The second-order valence-electron chi connectivity index (χ2n) is 8.00. The Bertz CT molecular complexity index is 838. The minimum absolute atomic E-state index is 0.0932. The molecule has 0 aromatic heterocycles. The fraction of sp³-hybridized carbons (Fsp3) is 0.391.